The molecule has 0 atom stereocenters. The molecule has 1 amide bonds. The molecule has 1 saturated heterocycles. The maximum atomic E-state index is 12.5. The van der Waals surface area contributed by atoms with Gasteiger partial charge in [0, 0.05) is 25.5 Å². The summed E-state index contributed by atoms with van der Waals surface area (Å²) in [7, 11) is 0. The van der Waals surface area contributed by atoms with Crippen LogP contribution >= 0.6 is 0 Å². The van der Waals surface area contributed by atoms with Gasteiger partial charge in [0.15, 0.2) is 5.82 Å². The Balaban J connectivity index is 1.49. The summed E-state index contributed by atoms with van der Waals surface area (Å²) < 4.78 is 7.19. The van der Waals surface area contributed by atoms with Crippen LogP contribution in [0.1, 0.15) is 10.5 Å². The minimum atomic E-state index is -0.354. The lowest BCUT2D eigenvalue weighted by Crippen LogP contribution is -2.36. The Morgan fingerprint density at radius 3 is 2.59 bits per heavy atom. The number of anilines is 3. The van der Waals surface area contributed by atoms with E-state index in [0.717, 1.165) is 18.8 Å². The molecule has 4 heterocycles. The van der Waals surface area contributed by atoms with Crippen molar-refractivity contribution in [1.29, 1.82) is 0 Å². The molecule has 3 aromatic heterocycles. The largest absolute Gasteiger partial charge is 0.396 e. The highest BCUT2D eigenvalue weighted by atomic mass is 16.5. The molecule has 1 aliphatic heterocycles. The van der Waals surface area contributed by atoms with Crippen molar-refractivity contribution in [2.45, 2.75) is 0 Å². The number of rotatable bonds is 4. The van der Waals surface area contributed by atoms with Gasteiger partial charge in [-0.25, -0.2) is 9.97 Å². The fourth-order valence-electron chi connectivity index (χ4n) is 2.89. The zero-order valence-corrected chi connectivity index (χ0v) is 14.7. The Bertz CT molecular complexity index is 918. The minimum Gasteiger partial charge on any atom is -0.396 e. The van der Waals surface area contributed by atoms with Crippen LogP contribution in [0.3, 0.4) is 0 Å². The monoisotopic (exact) mass is 364 g/mol. The fraction of sp³-hybridized carbons (Fsp3) is 0.211. The normalized spacial score (nSPS) is 14.1. The lowest BCUT2D eigenvalue weighted by atomic mass is 10.2. The molecular weight excluding hydrogens is 344 g/mol. The molecular formula is C19H20N6O2. The third kappa shape index (κ3) is 3.75. The van der Waals surface area contributed by atoms with Gasteiger partial charge in [0.25, 0.3) is 5.91 Å². The molecule has 0 bridgehead atoms. The van der Waals surface area contributed by atoms with E-state index in [1.807, 2.05) is 35.2 Å². The first kappa shape index (κ1) is 17.0. The van der Waals surface area contributed by atoms with Gasteiger partial charge in [0.1, 0.15) is 11.5 Å². The van der Waals surface area contributed by atoms with Gasteiger partial charge in [-0.15, -0.1) is 0 Å². The number of aromatic nitrogens is 3. The number of amides is 1. The van der Waals surface area contributed by atoms with Gasteiger partial charge in [-0.1, -0.05) is 0 Å². The van der Waals surface area contributed by atoms with Crippen LogP contribution in [-0.2, 0) is 4.74 Å². The van der Waals surface area contributed by atoms with E-state index in [0.29, 0.717) is 36.2 Å². The average Bonchev–Trinajstić information content (AvgIpc) is 3.25. The van der Waals surface area contributed by atoms with E-state index in [2.05, 4.69) is 20.2 Å². The van der Waals surface area contributed by atoms with Crippen molar-refractivity contribution in [2.24, 2.45) is 0 Å². The number of pyridine rings is 2. The summed E-state index contributed by atoms with van der Waals surface area (Å²) >= 11 is 0. The number of nitrogens with one attached hydrogen (secondary N) is 1. The first-order valence-corrected chi connectivity index (χ1v) is 8.71. The number of nitrogens with zero attached hydrogens (tertiary/aromatic N) is 4. The first-order valence-electron chi connectivity index (χ1n) is 8.71. The second-order valence-electron chi connectivity index (χ2n) is 6.15. The number of carbonyl (C=O) groups is 1. The lowest BCUT2D eigenvalue weighted by Gasteiger charge is -2.28. The van der Waals surface area contributed by atoms with Crippen molar-refractivity contribution < 1.29 is 9.53 Å². The number of nitrogen functional groups attached to an aromatic ring is 1. The van der Waals surface area contributed by atoms with Crippen molar-refractivity contribution in [3.8, 4) is 5.82 Å². The highest BCUT2D eigenvalue weighted by Gasteiger charge is 2.15. The second-order valence-corrected chi connectivity index (χ2v) is 6.15. The Morgan fingerprint density at radius 1 is 1.11 bits per heavy atom. The topological polar surface area (TPSA) is 98.3 Å². The van der Waals surface area contributed by atoms with Crippen molar-refractivity contribution in [2.75, 3.05) is 42.3 Å². The van der Waals surface area contributed by atoms with Gasteiger partial charge in [-0.05, 0) is 36.4 Å². The smallest absolute Gasteiger partial charge is 0.275 e. The molecule has 27 heavy (non-hydrogen) atoms. The molecule has 3 aromatic rings. The SMILES string of the molecule is Nc1ccc(-n2cccc2)nc1NC(=O)c1ccc(N2CCOCC2)cn1. The van der Waals surface area contributed by atoms with E-state index < -0.39 is 0 Å². The van der Waals surface area contributed by atoms with Gasteiger partial charge in [0.05, 0.1) is 30.8 Å². The fourth-order valence-corrected chi connectivity index (χ4v) is 2.89. The summed E-state index contributed by atoms with van der Waals surface area (Å²) in [6.07, 6.45) is 5.44. The lowest BCUT2D eigenvalue weighted by molar-refractivity contribution is 0.102. The summed E-state index contributed by atoms with van der Waals surface area (Å²) in [4.78, 5) is 23.4. The molecule has 0 spiro atoms. The number of hydrogen-bond acceptors (Lipinski definition) is 6. The van der Waals surface area contributed by atoms with Crippen molar-refractivity contribution in [3.63, 3.8) is 0 Å². The van der Waals surface area contributed by atoms with Crippen LogP contribution in [0.25, 0.3) is 5.82 Å². The summed E-state index contributed by atoms with van der Waals surface area (Å²) in [5, 5.41) is 2.74. The summed E-state index contributed by atoms with van der Waals surface area (Å²) in [6, 6.07) is 10.9. The van der Waals surface area contributed by atoms with Crippen LogP contribution in [0.15, 0.2) is 55.0 Å². The second kappa shape index (κ2) is 7.46. The van der Waals surface area contributed by atoms with E-state index >= 15 is 0 Å². The Kier molecular flexibility index (Phi) is 4.71. The number of nitrogens with two attached hydrogens (primary N) is 1. The van der Waals surface area contributed by atoms with Crippen LogP contribution in [0.4, 0.5) is 17.2 Å². The third-order valence-corrected chi connectivity index (χ3v) is 4.37. The standard InChI is InChI=1S/C19H20N6O2/c20-15-4-6-17(25-7-1-2-8-25)22-18(15)23-19(26)16-5-3-14(13-21-16)24-9-11-27-12-10-24/h1-8,13H,9-12,20H2,(H,22,23,26). The summed E-state index contributed by atoms with van der Waals surface area (Å²) in [5.41, 5.74) is 7.64. The van der Waals surface area contributed by atoms with E-state index in [-0.39, 0.29) is 5.91 Å². The molecule has 8 heteroatoms. The minimum absolute atomic E-state index is 0.305. The molecule has 0 aliphatic carbocycles. The van der Waals surface area contributed by atoms with Crippen molar-refractivity contribution >= 4 is 23.1 Å². The molecule has 1 fully saturated rings. The van der Waals surface area contributed by atoms with Crippen molar-refractivity contribution in [3.05, 3.63) is 60.7 Å². The Morgan fingerprint density at radius 2 is 1.89 bits per heavy atom. The maximum Gasteiger partial charge on any atom is 0.275 e. The Labute approximate surface area is 156 Å². The zero-order chi connectivity index (χ0) is 18.6. The molecule has 138 valence electrons. The first-order chi connectivity index (χ1) is 13.2. The van der Waals surface area contributed by atoms with Gasteiger partial charge in [-0.3, -0.25) is 4.79 Å². The molecule has 4 rings (SSSR count). The highest BCUT2D eigenvalue weighted by molar-refractivity contribution is 6.03. The zero-order valence-electron chi connectivity index (χ0n) is 14.7. The molecule has 8 nitrogen and oxygen atoms in total. The van der Waals surface area contributed by atoms with Crippen LogP contribution < -0.4 is 16.0 Å². The van der Waals surface area contributed by atoms with E-state index in [9.17, 15) is 4.79 Å². The van der Waals surface area contributed by atoms with Gasteiger partial charge in [-0.2, -0.15) is 0 Å². The molecule has 0 saturated carbocycles. The summed E-state index contributed by atoms with van der Waals surface area (Å²) in [6.45, 7) is 3.04. The quantitative estimate of drug-likeness (QED) is 0.734. The Hall–Kier alpha value is -3.39. The number of ether oxygens (including phenoxy) is 1. The molecule has 0 unspecified atom stereocenters. The van der Waals surface area contributed by atoms with Crippen LogP contribution in [0.5, 0.6) is 0 Å². The number of morpholine rings is 1. The molecule has 0 aromatic carbocycles. The molecule has 0 radical (unpaired) electrons. The predicted molar refractivity (Wildman–Crippen MR) is 103 cm³/mol. The summed E-state index contributed by atoms with van der Waals surface area (Å²) in [5.74, 6) is 0.623. The van der Waals surface area contributed by atoms with Crippen LogP contribution in [0.2, 0.25) is 0 Å². The molecule has 1 aliphatic rings. The van der Waals surface area contributed by atoms with Gasteiger partial charge < -0.3 is 25.3 Å². The molecule has 3 N–H and O–H groups in total. The average molecular weight is 364 g/mol. The highest BCUT2D eigenvalue weighted by Crippen LogP contribution is 2.20. The van der Waals surface area contributed by atoms with Gasteiger partial charge >= 0.3 is 0 Å². The number of hydrogen-bond donors (Lipinski definition) is 2. The van der Waals surface area contributed by atoms with E-state index in [1.54, 1.807) is 24.4 Å². The van der Waals surface area contributed by atoms with Crippen LogP contribution in [-0.4, -0.2) is 46.7 Å². The van der Waals surface area contributed by atoms with E-state index in [1.165, 1.54) is 0 Å². The van der Waals surface area contributed by atoms with Crippen LogP contribution in [0, 0.1) is 0 Å². The van der Waals surface area contributed by atoms with Crippen molar-refractivity contribution in [1.82, 2.24) is 14.5 Å². The maximum absolute atomic E-state index is 12.5. The van der Waals surface area contributed by atoms with E-state index in [4.69, 9.17) is 10.5 Å². The van der Waals surface area contributed by atoms with Gasteiger partial charge in [0.2, 0.25) is 0 Å². The third-order valence-electron chi connectivity index (χ3n) is 4.37. The predicted octanol–water partition coefficient (Wildman–Crippen LogP) is 1.94. The number of carbonyl (C=O) groups excluding carboxylic acids is 1.